The second kappa shape index (κ2) is 6.91. The molecule has 1 heterocycles. The maximum atomic E-state index is 6.26. The molecular weight excluding hydrogens is 222 g/mol. The summed E-state index contributed by atoms with van der Waals surface area (Å²) >= 11 is 0. The van der Waals surface area contributed by atoms with Crippen molar-refractivity contribution in [1.82, 2.24) is 0 Å². The second-order valence-electron chi connectivity index (χ2n) is 5.52. The van der Waals surface area contributed by atoms with Crippen LogP contribution in [0, 0.1) is 12.8 Å². The third-order valence-electron chi connectivity index (χ3n) is 4.02. The Bertz CT molecular complexity index is 358. The van der Waals surface area contributed by atoms with Crippen molar-refractivity contribution in [3.8, 4) is 0 Å². The van der Waals surface area contributed by atoms with Crippen LogP contribution in [0.1, 0.15) is 36.8 Å². The Kier molecular flexibility index (Phi) is 5.21. The Balaban J connectivity index is 1.74. The van der Waals surface area contributed by atoms with Gasteiger partial charge >= 0.3 is 0 Å². The molecule has 0 spiro atoms. The molecule has 0 bridgehead atoms. The monoisotopic (exact) mass is 247 g/mol. The normalized spacial score (nSPS) is 18.8. The summed E-state index contributed by atoms with van der Waals surface area (Å²) in [6.07, 6.45) is 5.75. The van der Waals surface area contributed by atoms with Crippen LogP contribution < -0.4 is 5.73 Å². The quantitative estimate of drug-likeness (QED) is 0.868. The molecule has 2 N–H and O–H groups in total. The van der Waals surface area contributed by atoms with Crippen LogP contribution in [-0.4, -0.2) is 19.3 Å². The zero-order chi connectivity index (χ0) is 12.8. The van der Waals surface area contributed by atoms with Crippen molar-refractivity contribution in [1.29, 1.82) is 0 Å². The molecule has 1 fully saturated rings. The van der Waals surface area contributed by atoms with Crippen molar-refractivity contribution in [2.75, 3.05) is 13.2 Å². The highest BCUT2D eigenvalue weighted by molar-refractivity contribution is 5.25. The zero-order valence-corrected chi connectivity index (χ0v) is 11.4. The van der Waals surface area contributed by atoms with Gasteiger partial charge in [0.05, 0.1) is 0 Å². The first kappa shape index (κ1) is 13.6. The number of rotatable bonds is 5. The minimum Gasteiger partial charge on any atom is -0.381 e. The lowest BCUT2D eigenvalue weighted by Crippen LogP contribution is -2.27. The Morgan fingerprint density at radius 3 is 2.72 bits per heavy atom. The number of ether oxygens (including phenoxy) is 1. The molecule has 100 valence electrons. The summed E-state index contributed by atoms with van der Waals surface area (Å²) < 4.78 is 5.39. The topological polar surface area (TPSA) is 35.2 Å². The van der Waals surface area contributed by atoms with Gasteiger partial charge in [0.1, 0.15) is 0 Å². The zero-order valence-electron chi connectivity index (χ0n) is 11.4. The molecule has 0 aromatic heterocycles. The van der Waals surface area contributed by atoms with Crippen LogP contribution in [0.5, 0.6) is 0 Å². The van der Waals surface area contributed by atoms with E-state index in [9.17, 15) is 0 Å². The maximum Gasteiger partial charge on any atom is 0.0468 e. The Morgan fingerprint density at radius 2 is 2.00 bits per heavy atom. The van der Waals surface area contributed by atoms with E-state index in [1.807, 2.05) is 0 Å². The van der Waals surface area contributed by atoms with Crippen molar-refractivity contribution in [2.24, 2.45) is 11.7 Å². The van der Waals surface area contributed by atoms with Crippen LogP contribution in [0.4, 0.5) is 0 Å². The van der Waals surface area contributed by atoms with Crippen molar-refractivity contribution in [2.45, 2.75) is 45.1 Å². The molecule has 0 aliphatic carbocycles. The van der Waals surface area contributed by atoms with Crippen molar-refractivity contribution < 1.29 is 4.74 Å². The fourth-order valence-electron chi connectivity index (χ4n) is 2.76. The standard InChI is InChI=1S/C16H25NO/c1-13-4-2-3-5-15(13)6-7-16(17)12-14-8-10-18-11-9-14/h2-5,14,16H,6-12,17H2,1H3. The summed E-state index contributed by atoms with van der Waals surface area (Å²) in [6.45, 7) is 4.03. The average molecular weight is 247 g/mol. The molecule has 0 saturated carbocycles. The Morgan fingerprint density at radius 1 is 1.28 bits per heavy atom. The molecule has 0 radical (unpaired) electrons. The maximum absolute atomic E-state index is 6.26. The van der Waals surface area contributed by atoms with E-state index in [1.54, 1.807) is 0 Å². The third kappa shape index (κ3) is 4.11. The van der Waals surface area contributed by atoms with Crippen LogP contribution in [0.2, 0.25) is 0 Å². The highest BCUT2D eigenvalue weighted by Crippen LogP contribution is 2.21. The average Bonchev–Trinajstić information content (AvgIpc) is 2.39. The van der Waals surface area contributed by atoms with E-state index in [0.717, 1.165) is 38.4 Å². The molecule has 2 heteroatoms. The van der Waals surface area contributed by atoms with Gasteiger partial charge in [-0.05, 0) is 56.1 Å². The van der Waals surface area contributed by atoms with E-state index in [0.29, 0.717) is 6.04 Å². The van der Waals surface area contributed by atoms with Crippen molar-refractivity contribution in [3.63, 3.8) is 0 Å². The smallest absolute Gasteiger partial charge is 0.0468 e. The molecule has 0 amide bonds. The highest BCUT2D eigenvalue weighted by Gasteiger charge is 2.17. The predicted octanol–water partition coefficient (Wildman–Crippen LogP) is 3.07. The van der Waals surface area contributed by atoms with Crippen molar-refractivity contribution in [3.05, 3.63) is 35.4 Å². The van der Waals surface area contributed by atoms with Gasteiger partial charge < -0.3 is 10.5 Å². The van der Waals surface area contributed by atoms with Gasteiger partial charge in [-0.3, -0.25) is 0 Å². The van der Waals surface area contributed by atoms with Gasteiger partial charge in [-0.1, -0.05) is 24.3 Å². The summed E-state index contributed by atoms with van der Waals surface area (Å²) in [7, 11) is 0. The first-order chi connectivity index (χ1) is 8.75. The molecule has 1 atom stereocenters. The Labute approximate surface area is 111 Å². The number of hydrogen-bond donors (Lipinski definition) is 1. The predicted molar refractivity (Wildman–Crippen MR) is 75.6 cm³/mol. The lowest BCUT2D eigenvalue weighted by atomic mass is 9.90. The van der Waals surface area contributed by atoms with Gasteiger partial charge in [0.15, 0.2) is 0 Å². The largest absolute Gasteiger partial charge is 0.381 e. The molecule has 2 rings (SSSR count). The lowest BCUT2D eigenvalue weighted by Gasteiger charge is -2.24. The van der Waals surface area contributed by atoms with E-state index < -0.39 is 0 Å². The first-order valence-electron chi connectivity index (χ1n) is 7.13. The van der Waals surface area contributed by atoms with E-state index in [-0.39, 0.29) is 0 Å². The number of hydrogen-bond acceptors (Lipinski definition) is 2. The summed E-state index contributed by atoms with van der Waals surface area (Å²) in [5.41, 5.74) is 9.09. The van der Waals surface area contributed by atoms with Gasteiger partial charge in [-0.15, -0.1) is 0 Å². The summed E-state index contributed by atoms with van der Waals surface area (Å²) in [5.74, 6) is 0.783. The number of nitrogens with two attached hydrogens (primary N) is 1. The molecule has 1 aliphatic rings. The van der Waals surface area contributed by atoms with Crippen molar-refractivity contribution >= 4 is 0 Å². The number of benzene rings is 1. The molecule has 1 aliphatic heterocycles. The molecule has 18 heavy (non-hydrogen) atoms. The third-order valence-corrected chi connectivity index (χ3v) is 4.02. The van der Waals surface area contributed by atoms with Crippen LogP contribution in [0.15, 0.2) is 24.3 Å². The second-order valence-corrected chi connectivity index (χ2v) is 5.52. The van der Waals surface area contributed by atoms with Gasteiger partial charge in [-0.2, -0.15) is 0 Å². The molecule has 2 nitrogen and oxygen atoms in total. The molecule has 1 saturated heterocycles. The summed E-state index contributed by atoms with van der Waals surface area (Å²) in [5, 5.41) is 0. The van der Waals surface area contributed by atoms with Gasteiger partial charge in [0.25, 0.3) is 0 Å². The Hall–Kier alpha value is -0.860. The first-order valence-corrected chi connectivity index (χ1v) is 7.13. The van der Waals surface area contributed by atoms with Crippen LogP contribution in [0.3, 0.4) is 0 Å². The minimum absolute atomic E-state index is 0.340. The van der Waals surface area contributed by atoms with E-state index in [2.05, 4.69) is 31.2 Å². The van der Waals surface area contributed by atoms with Gasteiger partial charge in [0, 0.05) is 19.3 Å². The van der Waals surface area contributed by atoms with Gasteiger partial charge in [0.2, 0.25) is 0 Å². The molecule has 1 aromatic rings. The van der Waals surface area contributed by atoms with E-state index in [4.69, 9.17) is 10.5 Å². The summed E-state index contributed by atoms with van der Waals surface area (Å²) in [6, 6.07) is 8.95. The molecular formula is C16H25NO. The highest BCUT2D eigenvalue weighted by atomic mass is 16.5. The van der Waals surface area contributed by atoms with E-state index in [1.165, 1.54) is 24.0 Å². The SMILES string of the molecule is Cc1ccccc1CCC(N)CC1CCOCC1. The molecule has 1 aromatic carbocycles. The van der Waals surface area contributed by atoms with Crippen LogP contribution >= 0.6 is 0 Å². The van der Waals surface area contributed by atoms with Gasteiger partial charge in [-0.25, -0.2) is 0 Å². The lowest BCUT2D eigenvalue weighted by molar-refractivity contribution is 0.0616. The fourth-order valence-corrected chi connectivity index (χ4v) is 2.76. The fraction of sp³-hybridized carbons (Fsp3) is 0.625. The molecule has 1 unspecified atom stereocenters. The van der Waals surface area contributed by atoms with Crippen LogP contribution in [0.25, 0.3) is 0 Å². The van der Waals surface area contributed by atoms with Crippen LogP contribution in [-0.2, 0) is 11.2 Å². The summed E-state index contributed by atoms with van der Waals surface area (Å²) in [4.78, 5) is 0. The van der Waals surface area contributed by atoms with E-state index >= 15 is 0 Å². The number of aryl methyl sites for hydroxylation is 2. The minimum atomic E-state index is 0.340.